The lowest BCUT2D eigenvalue weighted by Crippen LogP contribution is -2.40. The molecule has 0 bridgehead atoms. The molecule has 0 fully saturated rings. The van der Waals surface area contributed by atoms with Gasteiger partial charge < -0.3 is 20.1 Å². The number of hydrogen-bond acceptors (Lipinski definition) is 6. The molecule has 0 spiro atoms. The highest BCUT2D eigenvalue weighted by Gasteiger charge is 2.40. The lowest BCUT2D eigenvalue weighted by molar-refractivity contribution is -0.116. The van der Waals surface area contributed by atoms with Gasteiger partial charge in [-0.25, -0.2) is 4.79 Å². The molecule has 7 nitrogen and oxygen atoms in total. The fraction of sp³-hybridized carbons (Fsp3) is 0.231. The Morgan fingerprint density at radius 2 is 1.82 bits per heavy atom. The predicted molar refractivity (Wildman–Crippen MR) is 134 cm³/mol. The summed E-state index contributed by atoms with van der Waals surface area (Å²) < 4.78 is 10.7. The van der Waals surface area contributed by atoms with Crippen molar-refractivity contribution < 1.29 is 19.1 Å². The monoisotopic (exact) mass is 475 g/mol. The second-order valence-corrected chi connectivity index (χ2v) is 9.11. The molecule has 2 aliphatic rings. The molecule has 2 N–H and O–H groups in total. The number of rotatable bonds is 4. The van der Waals surface area contributed by atoms with Gasteiger partial charge in [-0.15, -0.1) is 11.3 Å². The van der Waals surface area contributed by atoms with Crippen LogP contribution in [0.5, 0.6) is 11.5 Å². The van der Waals surface area contributed by atoms with Gasteiger partial charge in [-0.1, -0.05) is 18.2 Å². The Balaban J connectivity index is 1.64. The van der Waals surface area contributed by atoms with Crippen LogP contribution < -0.4 is 25.0 Å². The van der Waals surface area contributed by atoms with Crippen molar-refractivity contribution in [3.63, 3.8) is 0 Å². The van der Waals surface area contributed by atoms with Crippen molar-refractivity contribution >= 4 is 40.2 Å². The highest BCUT2D eigenvalue weighted by atomic mass is 32.1. The largest absolute Gasteiger partial charge is 0.497 e. The summed E-state index contributed by atoms with van der Waals surface area (Å²) in [7, 11) is 3.12. The van der Waals surface area contributed by atoms with E-state index in [-0.39, 0.29) is 11.8 Å². The normalized spacial score (nSPS) is 17.3. The van der Waals surface area contributed by atoms with Crippen molar-refractivity contribution in [2.24, 2.45) is 0 Å². The van der Waals surface area contributed by atoms with Crippen molar-refractivity contribution in [2.75, 3.05) is 29.8 Å². The number of nitrogens with one attached hydrogen (secondary N) is 2. The second kappa shape index (κ2) is 9.23. The Kier molecular flexibility index (Phi) is 5.98. The molecule has 0 radical (unpaired) electrons. The van der Waals surface area contributed by atoms with Gasteiger partial charge in [-0.05, 0) is 36.4 Å². The summed E-state index contributed by atoms with van der Waals surface area (Å²) in [6.45, 7) is 0. The Morgan fingerprint density at radius 1 is 1.06 bits per heavy atom. The maximum atomic E-state index is 13.9. The van der Waals surface area contributed by atoms with E-state index in [1.165, 1.54) is 11.3 Å². The van der Waals surface area contributed by atoms with Gasteiger partial charge in [0.15, 0.2) is 5.78 Å². The summed E-state index contributed by atoms with van der Waals surface area (Å²) in [5.41, 5.74) is 3.58. The standard InChI is InChI=1S/C26H25N3O4S/c1-32-17-13-16(14-18(15-17)33-2)27-26(31)29-21-9-4-3-7-19(21)28-20-8-5-10-22(30)24(20)25(29)23-11-6-12-34-23/h3-4,6-7,9,11-15,25,28H,5,8,10H2,1-2H3,(H,27,31)/t25-/m0/s1. The summed E-state index contributed by atoms with van der Waals surface area (Å²) >= 11 is 1.53. The fourth-order valence-corrected chi connectivity index (χ4v) is 5.36. The Bertz CT molecular complexity index is 1250. The fourth-order valence-electron chi connectivity index (χ4n) is 4.54. The number of methoxy groups -OCH3 is 2. The molecule has 1 aliphatic heterocycles. The van der Waals surface area contributed by atoms with E-state index in [1.807, 2.05) is 41.8 Å². The van der Waals surface area contributed by atoms with E-state index in [9.17, 15) is 9.59 Å². The number of carbonyl (C=O) groups is 2. The third-order valence-corrected chi connectivity index (χ3v) is 7.00. The van der Waals surface area contributed by atoms with E-state index >= 15 is 0 Å². The van der Waals surface area contributed by atoms with E-state index in [2.05, 4.69) is 10.6 Å². The van der Waals surface area contributed by atoms with Crippen molar-refractivity contribution in [1.29, 1.82) is 0 Å². The third kappa shape index (κ3) is 4.01. The quantitative estimate of drug-likeness (QED) is 0.485. The molecule has 2 heterocycles. The maximum absolute atomic E-state index is 13.9. The molecule has 8 heteroatoms. The third-order valence-electron chi connectivity index (χ3n) is 6.07. The van der Waals surface area contributed by atoms with Crippen LogP contribution in [0.3, 0.4) is 0 Å². The number of thiophene rings is 1. The molecule has 1 aliphatic carbocycles. The van der Waals surface area contributed by atoms with Gasteiger partial charge in [0.05, 0.1) is 25.6 Å². The smallest absolute Gasteiger partial charge is 0.327 e. The highest BCUT2D eigenvalue weighted by Crippen LogP contribution is 2.46. The molecule has 2 aromatic carbocycles. The minimum atomic E-state index is -0.536. The number of para-hydroxylation sites is 2. The van der Waals surface area contributed by atoms with Crippen LogP contribution in [0, 0.1) is 0 Å². The van der Waals surface area contributed by atoms with Crippen LogP contribution in [0.25, 0.3) is 0 Å². The van der Waals surface area contributed by atoms with Crippen LogP contribution >= 0.6 is 11.3 Å². The van der Waals surface area contributed by atoms with Crippen LogP contribution in [0.15, 0.2) is 71.2 Å². The van der Waals surface area contributed by atoms with Crippen molar-refractivity contribution in [3.05, 3.63) is 76.1 Å². The summed E-state index contributed by atoms with van der Waals surface area (Å²) in [4.78, 5) is 29.8. The first-order valence-corrected chi connectivity index (χ1v) is 12.0. The minimum Gasteiger partial charge on any atom is -0.497 e. The molecule has 0 saturated heterocycles. The molecule has 5 rings (SSSR count). The van der Waals surface area contributed by atoms with Gasteiger partial charge >= 0.3 is 6.03 Å². The zero-order valence-electron chi connectivity index (χ0n) is 19.0. The van der Waals surface area contributed by atoms with Gasteiger partial charge in [-0.3, -0.25) is 9.69 Å². The van der Waals surface area contributed by atoms with Crippen LogP contribution in [0.4, 0.5) is 21.9 Å². The van der Waals surface area contributed by atoms with E-state index in [4.69, 9.17) is 9.47 Å². The number of benzene rings is 2. The first-order chi connectivity index (χ1) is 16.6. The van der Waals surface area contributed by atoms with E-state index in [1.54, 1.807) is 37.3 Å². The lowest BCUT2D eigenvalue weighted by atomic mass is 9.88. The zero-order valence-corrected chi connectivity index (χ0v) is 19.8. The molecule has 3 aromatic rings. The van der Waals surface area contributed by atoms with Crippen molar-refractivity contribution in [2.45, 2.75) is 25.3 Å². The Morgan fingerprint density at radius 3 is 2.53 bits per heavy atom. The average Bonchev–Trinajstić information content (AvgIpc) is 3.33. The van der Waals surface area contributed by atoms with Crippen molar-refractivity contribution in [1.82, 2.24) is 0 Å². The number of amides is 2. The lowest BCUT2D eigenvalue weighted by Gasteiger charge is -2.33. The Hall–Kier alpha value is -3.78. The van der Waals surface area contributed by atoms with Crippen LogP contribution in [0.1, 0.15) is 30.2 Å². The predicted octanol–water partition coefficient (Wildman–Crippen LogP) is 5.98. The SMILES string of the molecule is COc1cc(NC(=O)N2c3ccccc3NC3=C(C(=O)CCC3)[C@@H]2c2cccs2)cc(OC)c1. The number of anilines is 3. The topological polar surface area (TPSA) is 79.9 Å². The number of hydrogen-bond donors (Lipinski definition) is 2. The van der Waals surface area contributed by atoms with Crippen LogP contribution in [-0.2, 0) is 4.79 Å². The number of fused-ring (bicyclic) bond motifs is 1. The minimum absolute atomic E-state index is 0.0702. The van der Waals surface area contributed by atoms with Crippen LogP contribution in [0.2, 0.25) is 0 Å². The number of ether oxygens (including phenoxy) is 2. The van der Waals surface area contributed by atoms with Gasteiger partial charge in [0.25, 0.3) is 0 Å². The van der Waals surface area contributed by atoms with Gasteiger partial charge in [0, 0.05) is 46.5 Å². The summed E-state index contributed by atoms with van der Waals surface area (Å²) in [5, 5.41) is 8.44. The Labute approximate surface area is 202 Å². The molecule has 34 heavy (non-hydrogen) atoms. The number of urea groups is 1. The molecular formula is C26H25N3O4S. The van der Waals surface area contributed by atoms with E-state index < -0.39 is 6.04 Å². The highest BCUT2D eigenvalue weighted by molar-refractivity contribution is 7.10. The van der Waals surface area contributed by atoms with Gasteiger partial charge in [0.1, 0.15) is 17.5 Å². The second-order valence-electron chi connectivity index (χ2n) is 8.13. The molecule has 2 amide bonds. The van der Waals surface area contributed by atoms with E-state index in [0.29, 0.717) is 34.9 Å². The molecule has 0 saturated carbocycles. The zero-order chi connectivity index (χ0) is 23.7. The summed E-state index contributed by atoms with van der Waals surface area (Å²) in [6.07, 6.45) is 2.03. The van der Waals surface area contributed by atoms with Crippen molar-refractivity contribution in [3.8, 4) is 11.5 Å². The number of allylic oxidation sites excluding steroid dienone is 1. The summed E-state index contributed by atoms with van der Waals surface area (Å²) in [5.74, 6) is 1.20. The molecule has 1 atom stereocenters. The summed E-state index contributed by atoms with van der Waals surface area (Å²) in [6, 6.07) is 15.9. The van der Waals surface area contributed by atoms with E-state index in [0.717, 1.165) is 29.1 Å². The van der Waals surface area contributed by atoms with Gasteiger partial charge in [0.2, 0.25) is 0 Å². The number of nitrogens with zero attached hydrogens (tertiary/aromatic N) is 1. The van der Waals surface area contributed by atoms with Gasteiger partial charge in [-0.2, -0.15) is 0 Å². The number of carbonyl (C=O) groups excluding carboxylic acids is 2. The molecule has 174 valence electrons. The first-order valence-electron chi connectivity index (χ1n) is 11.1. The molecule has 0 unspecified atom stereocenters. The molecule has 1 aromatic heterocycles. The number of ketones is 1. The maximum Gasteiger partial charge on any atom is 0.327 e. The number of Topliss-reactive ketones (excluding diaryl/α,β-unsaturated/α-hetero) is 1. The van der Waals surface area contributed by atoms with Crippen LogP contribution in [-0.4, -0.2) is 26.0 Å². The molecular weight excluding hydrogens is 450 g/mol. The average molecular weight is 476 g/mol. The first kappa shape index (κ1) is 22.0.